The molecule has 4 heteroatoms. The Morgan fingerprint density at radius 1 is 1.12 bits per heavy atom. The number of para-hydroxylation sites is 1. The monoisotopic (exact) mass is 439 g/mol. The lowest BCUT2D eigenvalue weighted by Gasteiger charge is -2.51. The summed E-state index contributed by atoms with van der Waals surface area (Å²) in [4.78, 5) is 2.56. The lowest BCUT2D eigenvalue weighted by molar-refractivity contribution is 0.273. The van der Waals surface area contributed by atoms with Crippen LogP contribution in [-0.4, -0.2) is 13.1 Å². The van der Waals surface area contributed by atoms with Crippen LogP contribution in [0, 0.1) is 34.5 Å². The van der Waals surface area contributed by atoms with Crippen LogP contribution in [0.3, 0.4) is 0 Å². The molecule has 1 aromatic carbocycles. The predicted molar refractivity (Wildman–Crippen MR) is 132 cm³/mol. The SMILES string of the molecule is CC(C)C1=CC(=C(C#N)C#N)C=C(C=CC2CN3CCC(C)(C)c4cccc(c43)C2(C)C)O1. The number of anilines is 1. The van der Waals surface area contributed by atoms with Gasteiger partial charge < -0.3 is 9.64 Å². The van der Waals surface area contributed by atoms with Crippen LogP contribution in [0.5, 0.6) is 0 Å². The molecular weight excluding hydrogens is 406 g/mol. The Labute approximate surface area is 198 Å². The fourth-order valence-electron chi connectivity index (χ4n) is 5.18. The summed E-state index contributed by atoms with van der Waals surface area (Å²) in [5.74, 6) is 1.91. The Bertz CT molecular complexity index is 1160. The van der Waals surface area contributed by atoms with E-state index in [1.165, 1.54) is 16.8 Å². The van der Waals surface area contributed by atoms with Crippen molar-refractivity contribution in [2.75, 3.05) is 18.0 Å². The van der Waals surface area contributed by atoms with E-state index < -0.39 is 0 Å². The second-order valence-electron chi connectivity index (χ2n) is 10.9. The average Bonchev–Trinajstić information content (AvgIpc) is 2.77. The van der Waals surface area contributed by atoms with Gasteiger partial charge in [0, 0.05) is 36.2 Å². The molecule has 0 N–H and O–H groups in total. The molecule has 0 aliphatic carbocycles. The summed E-state index contributed by atoms with van der Waals surface area (Å²) in [6.45, 7) is 15.5. The summed E-state index contributed by atoms with van der Waals surface area (Å²) < 4.78 is 6.13. The normalized spacial score (nSPS) is 22.6. The third-order valence-electron chi connectivity index (χ3n) is 7.53. The average molecular weight is 440 g/mol. The molecule has 3 aliphatic rings. The highest BCUT2D eigenvalue weighted by Crippen LogP contribution is 2.50. The van der Waals surface area contributed by atoms with Crippen molar-refractivity contribution < 1.29 is 4.74 Å². The highest BCUT2D eigenvalue weighted by Gasteiger charge is 2.43. The van der Waals surface area contributed by atoms with E-state index in [0.29, 0.717) is 17.3 Å². The topological polar surface area (TPSA) is 60.0 Å². The third kappa shape index (κ3) is 4.00. The Morgan fingerprint density at radius 3 is 2.48 bits per heavy atom. The number of rotatable bonds is 3. The fourth-order valence-corrected chi connectivity index (χ4v) is 5.18. The van der Waals surface area contributed by atoms with Gasteiger partial charge in [0.15, 0.2) is 0 Å². The van der Waals surface area contributed by atoms with E-state index >= 15 is 0 Å². The summed E-state index contributed by atoms with van der Waals surface area (Å²) >= 11 is 0. The van der Waals surface area contributed by atoms with Gasteiger partial charge in [0.1, 0.15) is 29.2 Å². The summed E-state index contributed by atoms with van der Waals surface area (Å²) in [5.41, 5.74) is 5.20. The van der Waals surface area contributed by atoms with Crippen LogP contribution in [0.4, 0.5) is 5.69 Å². The summed E-state index contributed by atoms with van der Waals surface area (Å²) in [7, 11) is 0. The van der Waals surface area contributed by atoms with Gasteiger partial charge in [-0.1, -0.05) is 65.8 Å². The minimum absolute atomic E-state index is 0.0269. The van der Waals surface area contributed by atoms with E-state index in [-0.39, 0.29) is 22.3 Å². The Kier molecular flexibility index (Phi) is 5.75. The minimum Gasteiger partial charge on any atom is -0.461 e. The molecule has 0 spiro atoms. The van der Waals surface area contributed by atoms with Crippen LogP contribution < -0.4 is 4.90 Å². The van der Waals surface area contributed by atoms with Crippen molar-refractivity contribution in [1.29, 1.82) is 10.5 Å². The van der Waals surface area contributed by atoms with Crippen molar-refractivity contribution in [2.45, 2.75) is 58.8 Å². The van der Waals surface area contributed by atoms with Gasteiger partial charge in [-0.05, 0) is 46.6 Å². The van der Waals surface area contributed by atoms with E-state index in [0.717, 1.165) is 25.3 Å². The van der Waals surface area contributed by atoms with Crippen LogP contribution >= 0.6 is 0 Å². The molecule has 3 aliphatic heterocycles. The second-order valence-corrected chi connectivity index (χ2v) is 10.9. The van der Waals surface area contributed by atoms with Crippen molar-refractivity contribution in [3.05, 3.63) is 76.3 Å². The van der Waals surface area contributed by atoms with Crippen LogP contribution in [0.25, 0.3) is 0 Å². The van der Waals surface area contributed by atoms with Gasteiger partial charge in [0.25, 0.3) is 0 Å². The highest BCUT2D eigenvalue weighted by atomic mass is 16.5. The molecule has 1 atom stereocenters. The molecule has 0 aromatic heterocycles. The number of allylic oxidation sites excluding steroid dienone is 6. The molecule has 0 radical (unpaired) electrons. The minimum atomic E-state index is -0.0269. The molecule has 0 fully saturated rings. The van der Waals surface area contributed by atoms with E-state index in [1.807, 2.05) is 38.1 Å². The van der Waals surface area contributed by atoms with Gasteiger partial charge in [-0.15, -0.1) is 0 Å². The maximum Gasteiger partial charge on any atom is 0.137 e. The zero-order chi connectivity index (χ0) is 24.0. The van der Waals surface area contributed by atoms with Gasteiger partial charge in [-0.25, -0.2) is 0 Å². The first-order valence-corrected chi connectivity index (χ1v) is 11.8. The lowest BCUT2D eigenvalue weighted by atomic mass is 9.65. The van der Waals surface area contributed by atoms with Gasteiger partial charge in [-0.2, -0.15) is 10.5 Å². The number of ether oxygens (including phenoxy) is 1. The highest BCUT2D eigenvalue weighted by molar-refractivity contribution is 5.68. The van der Waals surface area contributed by atoms with Gasteiger partial charge in [0.2, 0.25) is 0 Å². The molecule has 33 heavy (non-hydrogen) atoms. The lowest BCUT2D eigenvalue weighted by Crippen LogP contribution is -2.49. The van der Waals surface area contributed by atoms with Crippen LogP contribution in [0.1, 0.15) is 59.1 Å². The van der Waals surface area contributed by atoms with E-state index in [9.17, 15) is 10.5 Å². The zero-order valence-electron chi connectivity index (χ0n) is 20.6. The molecular formula is C29H33N3O. The van der Waals surface area contributed by atoms with Gasteiger partial charge in [0.05, 0.1) is 0 Å². The first-order chi connectivity index (χ1) is 15.6. The molecule has 1 aromatic rings. The smallest absolute Gasteiger partial charge is 0.137 e. The van der Waals surface area contributed by atoms with Crippen molar-refractivity contribution >= 4 is 5.69 Å². The number of hydrogen-bond acceptors (Lipinski definition) is 4. The molecule has 170 valence electrons. The molecule has 0 amide bonds. The summed E-state index contributed by atoms with van der Waals surface area (Å²) in [6, 6.07) is 10.8. The van der Waals surface area contributed by atoms with Crippen molar-refractivity contribution in [2.24, 2.45) is 11.8 Å². The van der Waals surface area contributed by atoms with Crippen LogP contribution in [0.15, 0.2) is 65.2 Å². The Hall–Kier alpha value is -3.24. The van der Waals surface area contributed by atoms with E-state index in [1.54, 1.807) is 6.08 Å². The van der Waals surface area contributed by atoms with E-state index in [2.05, 4.69) is 56.9 Å². The maximum absolute atomic E-state index is 9.35. The maximum atomic E-state index is 9.35. The number of nitrogens with zero attached hydrogens (tertiary/aromatic N) is 3. The first kappa shape index (κ1) is 22.9. The van der Waals surface area contributed by atoms with Crippen LogP contribution in [0.2, 0.25) is 0 Å². The standard InChI is InChI=1S/C29H33N3O/c1-19(2)26-15-20(21(16-30)17-31)14-23(33-26)11-10-22-18-32-13-12-28(3,4)24-8-7-9-25(27(24)32)29(22,5)6/h7-11,14-15,19,22H,12-13,18H2,1-6H3. The number of hydrogen-bond donors (Lipinski definition) is 0. The zero-order valence-corrected chi connectivity index (χ0v) is 20.6. The van der Waals surface area contributed by atoms with Crippen LogP contribution in [-0.2, 0) is 15.6 Å². The molecule has 0 bridgehead atoms. The summed E-state index contributed by atoms with van der Waals surface area (Å²) in [6.07, 6.45) is 9.03. The summed E-state index contributed by atoms with van der Waals surface area (Å²) in [5, 5.41) is 18.7. The predicted octanol–water partition coefficient (Wildman–Crippen LogP) is 6.44. The molecule has 4 rings (SSSR count). The molecule has 4 nitrogen and oxygen atoms in total. The van der Waals surface area contributed by atoms with Crippen molar-refractivity contribution in [1.82, 2.24) is 0 Å². The second kappa shape index (κ2) is 8.27. The molecule has 3 heterocycles. The van der Waals surface area contributed by atoms with Crippen molar-refractivity contribution in [3.63, 3.8) is 0 Å². The third-order valence-corrected chi connectivity index (χ3v) is 7.53. The molecule has 1 unspecified atom stereocenters. The fraction of sp³-hybridized carbons (Fsp3) is 0.448. The van der Waals surface area contributed by atoms with Gasteiger partial charge in [-0.3, -0.25) is 0 Å². The molecule has 0 saturated carbocycles. The molecule has 0 saturated heterocycles. The Morgan fingerprint density at radius 2 is 1.82 bits per heavy atom. The largest absolute Gasteiger partial charge is 0.461 e. The quantitative estimate of drug-likeness (QED) is 0.509. The van der Waals surface area contributed by atoms with Gasteiger partial charge >= 0.3 is 0 Å². The van der Waals surface area contributed by atoms with E-state index in [4.69, 9.17) is 4.74 Å². The number of benzene rings is 1. The number of nitriles is 2. The van der Waals surface area contributed by atoms with Crippen molar-refractivity contribution in [3.8, 4) is 12.1 Å². The first-order valence-electron chi connectivity index (χ1n) is 11.8. The Balaban J connectivity index is 1.70.